The number of thioether (sulfide) groups is 1. The summed E-state index contributed by atoms with van der Waals surface area (Å²) in [5.74, 6) is 3.94. The van der Waals surface area contributed by atoms with Gasteiger partial charge < -0.3 is 14.8 Å². The standard InChI is InChI=1S/C14H21NO2S/c1-14(2)9-18-8-12(15-14)11-6-5-10(16-3)7-13(11)17-4/h5-7,12,15H,8-9H2,1-4H3. The molecule has 0 amide bonds. The van der Waals surface area contributed by atoms with Crippen molar-refractivity contribution in [3.63, 3.8) is 0 Å². The van der Waals surface area contributed by atoms with E-state index in [0.29, 0.717) is 6.04 Å². The molecule has 0 aromatic heterocycles. The maximum atomic E-state index is 5.48. The van der Waals surface area contributed by atoms with Gasteiger partial charge in [-0.05, 0) is 19.9 Å². The van der Waals surface area contributed by atoms with Crippen LogP contribution in [0.5, 0.6) is 11.5 Å². The molecule has 1 heterocycles. The van der Waals surface area contributed by atoms with Gasteiger partial charge >= 0.3 is 0 Å². The smallest absolute Gasteiger partial charge is 0.127 e. The van der Waals surface area contributed by atoms with Gasteiger partial charge in [0.2, 0.25) is 0 Å². The fraction of sp³-hybridized carbons (Fsp3) is 0.571. The minimum atomic E-state index is 0.165. The number of nitrogens with one attached hydrogen (secondary N) is 1. The normalized spacial score (nSPS) is 22.6. The van der Waals surface area contributed by atoms with E-state index in [1.54, 1.807) is 14.2 Å². The summed E-state index contributed by atoms with van der Waals surface area (Å²) in [5, 5.41) is 3.68. The topological polar surface area (TPSA) is 30.5 Å². The highest BCUT2D eigenvalue weighted by Gasteiger charge is 2.29. The molecule has 0 spiro atoms. The van der Waals surface area contributed by atoms with Gasteiger partial charge in [0.05, 0.1) is 14.2 Å². The first kappa shape index (κ1) is 13.6. The van der Waals surface area contributed by atoms with E-state index in [1.165, 1.54) is 5.56 Å². The Morgan fingerprint density at radius 3 is 2.67 bits per heavy atom. The molecule has 1 atom stereocenters. The molecular weight excluding hydrogens is 246 g/mol. The van der Waals surface area contributed by atoms with Crippen LogP contribution in [0.15, 0.2) is 18.2 Å². The molecule has 0 saturated carbocycles. The van der Waals surface area contributed by atoms with Crippen molar-refractivity contribution in [1.29, 1.82) is 0 Å². The number of rotatable bonds is 3. The number of methoxy groups -OCH3 is 2. The SMILES string of the molecule is COc1ccc(C2CSCC(C)(C)N2)c(OC)c1. The Morgan fingerprint density at radius 2 is 2.06 bits per heavy atom. The molecule has 1 aromatic rings. The summed E-state index contributed by atoms with van der Waals surface area (Å²) in [5.41, 5.74) is 1.37. The summed E-state index contributed by atoms with van der Waals surface area (Å²) in [4.78, 5) is 0. The highest BCUT2D eigenvalue weighted by Crippen LogP contribution is 2.35. The minimum Gasteiger partial charge on any atom is -0.497 e. The average molecular weight is 267 g/mol. The van der Waals surface area contributed by atoms with Crippen LogP contribution in [-0.4, -0.2) is 31.3 Å². The van der Waals surface area contributed by atoms with Crippen LogP contribution in [0.25, 0.3) is 0 Å². The largest absolute Gasteiger partial charge is 0.497 e. The molecule has 1 unspecified atom stereocenters. The Balaban J connectivity index is 2.27. The van der Waals surface area contributed by atoms with Crippen molar-refractivity contribution >= 4 is 11.8 Å². The molecule has 1 saturated heterocycles. The van der Waals surface area contributed by atoms with Crippen molar-refractivity contribution < 1.29 is 9.47 Å². The summed E-state index contributed by atoms with van der Waals surface area (Å²) in [6.45, 7) is 4.48. The molecule has 2 rings (SSSR count). The molecule has 0 aliphatic carbocycles. The lowest BCUT2D eigenvalue weighted by Crippen LogP contribution is -2.48. The Morgan fingerprint density at radius 1 is 1.28 bits per heavy atom. The average Bonchev–Trinajstić information content (AvgIpc) is 2.36. The Hall–Kier alpha value is -0.870. The van der Waals surface area contributed by atoms with E-state index in [2.05, 4.69) is 25.2 Å². The first-order chi connectivity index (χ1) is 8.55. The number of hydrogen-bond acceptors (Lipinski definition) is 4. The first-order valence-electron chi connectivity index (χ1n) is 6.13. The molecule has 3 nitrogen and oxygen atoms in total. The Kier molecular flexibility index (Phi) is 4.07. The molecule has 0 radical (unpaired) electrons. The molecule has 1 fully saturated rings. The van der Waals surface area contributed by atoms with E-state index in [0.717, 1.165) is 23.0 Å². The van der Waals surface area contributed by atoms with Crippen LogP contribution in [0, 0.1) is 0 Å². The Labute approximate surface area is 113 Å². The summed E-state index contributed by atoms with van der Waals surface area (Å²) >= 11 is 1.98. The predicted octanol–water partition coefficient (Wildman–Crippen LogP) is 2.86. The quantitative estimate of drug-likeness (QED) is 0.912. The van der Waals surface area contributed by atoms with Gasteiger partial charge in [-0.2, -0.15) is 11.8 Å². The van der Waals surface area contributed by atoms with E-state index < -0.39 is 0 Å². The maximum Gasteiger partial charge on any atom is 0.127 e. The van der Waals surface area contributed by atoms with Crippen LogP contribution in [0.4, 0.5) is 0 Å². The van der Waals surface area contributed by atoms with Crippen LogP contribution >= 0.6 is 11.8 Å². The third-order valence-corrected chi connectivity index (χ3v) is 4.62. The van der Waals surface area contributed by atoms with Gasteiger partial charge in [0, 0.05) is 34.7 Å². The molecular formula is C14H21NO2S. The molecule has 4 heteroatoms. The van der Waals surface area contributed by atoms with Crippen molar-refractivity contribution in [3.8, 4) is 11.5 Å². The van der Waals surface area contributed by atoms with Crippen LogP contribution < -0.4 is 14.8 Å². The lowest BCUT2D eigenvalue weighted by atomic mass is 10.0. The molecule has 0 bridgehead atoms. The number of ether oxygens (including phenoxy) is 2. The lowest BCUT2D eigenvalue weighted by Gasteiger charge is -2.37. The summed E-state index contributed by atoms with van der Waals surface area (Å²) in [7, 11) is 3.38. The third-order valence-electron chi connectivity index (χ3n) is 3.13. The summed E-state index contributed by atoms with van der Waals surface area (Å²) < 4.78 is 10.7. The van der Waals surface area contributed by atoms with E-state index in [1.807, 2.05) is 23.9 Å². The van der Waals surface area contributed by atoms with Crippen LogP contribution in [-0.2, 0) is 0 Å². The molecule has 1 aliphatic rings. The van der Waals surface area contributed by atoms with Crippen LogP contribution in [0.3, 0.4) is 0 Å². The van der Waals surface area contributed by atoms with E-state index in [9.17, 15) is 0 Å². The summed E-state index contributed by atoms with van der Waals surface area (Å²) in [6.07, 6.45) is 0. The minimum absolute atomic E-state index is 0.165. The molecule has 1 aromatic carbocycles. The zero-order chi connectivity index (χ0) is 13.2. The van der Waals surface area contributed by atoms with Gasteiger partial charge in [0.25, 0.3) is 0 Å². The van der Waals surface area contributed by atoms with Gasteiger partial charge in [-0.25, -0.2) is 0 Å². The maximum absolute atomic E-state index is 5.48. The summed E-state index contributed by atoms with van der Waals surface area (Å²) in [6, 6.07) is 6.37. The van der Waals surface area contributed by atoms with Crippen molar-refractivity contribution in [3.05, 3.63) is 23.8 Å². The lowest BCUT2D eigenvalue weighted by molar-refractivity contribution is 0.355. The van der Waals surface area contributed by atoms with E-state index in [4.69, 9.17) is 9.47 Å². The van der Waals surface area contributed by atoms with Gasteiger partial charge in [-0.3, -0.25) is 0 Å². The monoisotopic (exact) mass is 267 g/mol. The van der Waals surface area contributed by atoms with Crippen molar-refractivity contribution in [2.24, 2.45) is 0 Å². The van der Waals surface area contributed by atoms with Crippen molar-refractivity contribution in [2.75, 3.05) is 25.7 Å². The highest BCUT2D eigenvalue weighted by molar-refractivity contribution is 7.99. The number of hydrogen-bond donors (Lipinski definition) is 1. The first-order valence-corrected chi connectivity index (χ1v) is 7.28. The highest BCUT2D eigenvalue weighted by atomic mass is 32.2. The molecule has 100 valence electrons. The second kappa shape index (κ2) is 5.41. The zero-order valence-corrected chi connectivity index (χ0v) is 12.3. The second-order valence-corrected chi connectivity index (χ2v) is 6.23. The molecule has 18 heavy (non-hydrogen) atoms. The van der Waals surface area contributed by atoms with E-state index in [-0.39, 0.29) is 5.54 Å². The van der Waals surface area contributed by atoms with Crippen molar-refractivity contribution in [1.82, 2.24) is 5.32 Å². The van der Waals surface area contributed by atoms with Gasteiger partial charge in [0.1, 0.15) is 11.5 Å². The van der Waals surface area contributed by atoms with Crippen molar-refractivity contribution in [2.45, 2.75) is 25.4 Å². The third kappa shape index (κ3) is 2.93. The Bertz CT molecular complexity index is 420. The zero-order valence-electron chi connectivity index (χ0n) is 11.4. The van der Waals surface area contributed by atoms with E-state index >= 15 is 0 Å². The van der Waals surface area contributed by atoms with Crippen LogP contribution in [0.2, 0.25) is 0 Å². The number of benzene rings is 1. The van der Waals surface area contributed by atoms with Gasteiger partial charge in [-0.15, -0.1) is 0 Å². The fourth-order valence-electron chi connectivity index (χ4n) is 2.26. The van der Waals surface area contributed by atoms with Gasteiger partial charge in [0.15, 0.2) is 0 Å². The molecule has 1 aliphatic heterocycles. The van der Waals surface area contributed by atoms with Gasteiger partial charge in [-0.1, -0.05) is 6.07 Å². The fourth-order valence-corrected chi connectivity index (χ4v) is 3.47. The second-order valence-electron chi connectivity index (χ2n) is 5.20. The predicted molar refractivity (Wildman–Crippen MR) is 76.8 cm³/mol. The molecule has 1 N–H and O–H groups in total. The van der Waals surface area contributed by atoms with Crippen LogP contribution in [0.1, 0.15) is 25.5 Å².